The normalized spacial score (nSPS) is 10.8. The maximum Gasteiger partial charge on any atom is 0.262 e. The van der Waals surface area contributed by atoms with Crippen molar-refractivity contribution in [1.29, 1.82) is 0 Å². The Kier molecular flexibility index (Phi) is 6.12. The van der Waals surface area contributed by atoms with E-state index in [-0.39, 0.29) is 5.91 Å². The lowest BCUT2D eigenvalue weighted by Crippen LogP contribution is -2.16. The number of nitrogens with zero attached hydrogens (tertiary/aromatic N) is 3. The molecule has 0 spiro atoms. The third-order valence-electron chi connectivity index (χ3n) is 4.33. The van der Waals surface area contributed by atoms with Crippen LogP contribution in [-0.4, -0.2) is 34.2 Å². The first-order valence-corrected chi connectivity index (χ1v) is 11.9. The highest BCUT2D eigenvalue weighted by molar-refractivity contribution is 7.98. The molecule has 30 heavy (non-hydrogen) atoms. The smallest absolute Gasteiger partial charge is 0.262 e. The standard InChI is InChI=1S/C21H18N4O2S3/c1-12-17(20(28-3)24-18(22-12)16-5-4-10-29-16)19(26)25-21-23-15(11-30-21)13-6-8-14(27-2)9-7-13/h4-11H,1-3H3,(H,23,25,26). The van der Waals surface area contributed by atoms with Crippen molar-refractivity contribution in [1.82, 2.24) is 15.0 Å². The zero-order chi connectivity index (χ0) is 21.1. The molecule has 4 rings (SSSR count). The number of benzene rings is 1. The van der Waals surface area contributed by atoms with Gasteiger partial charge in [0.25, 0.3) is 5.91 Å². The van der Waals surface area contributed by atoms with E-state index in [0.717, 1.165) is 21.9 Å². The molecule has 1 N–H and O–H groups in total. The van der Waals surface area contributed by atoms with E-state index < -0.39 is 0 Å². The second kappa shape index (κ2) is 8.95. The molecule has 0 aliphatic rings. The molecule has 0 saturated carbocycles. The van der Waals surface area contributed by atoms with Crippen LogP contribution in [0.3, 0.4) is 0 Å². The van der Waals surface area contributed by atoms with Crippen molar-refractivity contribution >= 4 is 45.5 Å². The average molecular weight is 455 g/mol. The summed E-state index contributed by atoms with van der Waals surface area (Å²) < 4.78 is 5.19. The van der Waals surface area contributed by atoms with Gasteiger partial charge in [0.2, 0.25) is 0 Å². The van der Waals surface area contributed by atoms with E-state index in [1.807, 2.05) is 60.3 Å². The highest BCUT2D eigenvalue weighted by atomic mass is 32.2. The highest BCUT2D eigenvalue weighted by Crippen LogP contribution is 2.30. The molecule has 0 radical (unpaired) electrons. The van der Waals surface area contributed by atoms with Crippen LogP contribution in [0.2, 0.25) is 0 Å². The number of carbonyl (C=O) groups excluding carboxylic acids is 1. The molecule has 1 amide bonds. The fourth-order valence-corrected chi connectivity index (χ4v) is 4.85. The summed E-state index contributed by atoms with van der Waals surface area (Å²) in [5.74, 6) is 1.17. The number of thioether (sulfide) groups is 1. The van der Waals surface area contributed by atoms with Gasteiger partial charge in [0.15, 0.2) is 11.0 Å². The van der Waals surface area contributed by atoms with Crippen molar-refractivity contribution < 1.29 is 9.53 Å². The Bertz CT molecular complexity index is 1170. The van der Waals surface area contributed by atoms with E-state index in [1.165, 1.54) is 23.1 Å². The zero-order valence-electron chi connectivity index (χ0n) is 16.5. The van der Waals surface area contributed by atoms with Crippen molar-refractivity contribution in [2.45, 2.75) is 11.9 Å². The summed E-state index contributed by atoms with van der Waals surface area (Å²) in [4.78, 5) is 27.7. The molecule has 4 aromatic rings. The maximum absolute atomic E-state index is 13.0. The Hall–Kier alpha value is -2.75. The summed E-state index contributed by atoms with van der Waals surface area (Å²) in [7, 11) is 1.63. The van der Waals surface area contributed by atoms with Gasteiger partial charge < -0.3 is 4.74 Å². The van der Waals surface area contributed by atoms with Gasteiger partial charge in [0.05, 0.1) is 28.9 Å². The van der Waals surface area contributed by atoms with Crippen LogP contribution >= 0.6 is 34.4 Å². The third-order valence-corrected chi connectivity index (χ3v) is 6.63. The SMILES string of the molecule is COc1ccc(-c2csc(NC(=O)c3c(C)nc(-c4cccs4)nc3SC)n2)cc1. The summed E-state index contributed by atoms with van der Waals surface area (Å²) in [5, 5.41) is 7.96. The molecular formula is C21H18N4O2S3. The van der Waals surface area contributed by atoms with E-state index in [2.05, 4.69) is 20.3 Å². The summed E-state index contributed by atoms with van der Waals surface area (Å²) >= 11 is 4.38. The summed E-state index contributed by atoms with van der Waals surface area (Å²) in [6, 6.07) is 11.6. The number of aryl methyl sites for hydroxylation is 1. The van der Waals surface area contributed by atoms with Crippen molar-refractivity contribution in [2.75, 3.05) is 18.7 Å². The minimum Gasteiger partial charge on any atom is -0.497 e. The first kappa shape index (κ1) is 20.5. The van der Waals surface area contributed by atoms with Gasteiger partial charge in [-0.15, -0.1) is 34.4 Å². The van der Waals surface area contributed by atoms with E-state index in [0.29, 0.717) is 27.2 Å². The Morgan fingerprint density at radius 1 is 1.10 bits per heavy atom. The van der Waals surface area contributed by atoms with Crippen LogP contribution in [0, 0.1) is 6.92 Å². The predicted octanol–water partition coefficient (Wildman–Crippen LogP) is 5.62. The van der Waals surface area contributed by atoms with Gasteiger partial charge in [-0.1, -0.05) is 6.07 Å². The van der Waals surface area contributed by atoms with Crippen LogP contribution in [0.5, 0.6) is 5.75 Å². The number of ether oxygens (including phenoxy) is 1. The van der Waals surface area contributed by atoms with Crippen molar-refractivity contribution in [3.05, 3.63) is 58.4 Å². The van der Waals surface area contributed by atoms with Crippen molar-refractivity contribution in [3.63, 3.8) is 0 Å². The van der Waals surface area contributed by atoms with Crippen LogP contribution in [-0.2, 0) is 0 Å². The monoisotopic (exact) mass is 454 g/mol. The molecule has 0 unspecified atom stereocenters. The molecule has 3 heterocycles. The Labute approximate surface area is 186 Å². The largest absolute Gasteiger partial charge is 0.497 e. The number of nitrogens with one attached hydrogen (secondary N) is 1. The topological polar surface area (TPSA) is 77.0 Å². The van der Waals surface area contributed by atoms with Gasteiger partial charge in [-0.25, -0.2) is 15.0 Å². The van der Waals surface area contributed by atoms with E-state index in [9.17, 15) is 4.79 Å². The quantitative estimate of drug-likeness (QED) is 0.301. The van der Waals surface area contributed by atoms with Crippen LogP contribution in [0.25, 0.3) is 22.0 Å². The van der Waals surface area contributed by atoms with Crippen molar-refractivity contribution in [2.24, 2.45) is 0 Å². The Morgan fingerprint density at radius 2 is 1.90 bits per heavy atom. The number of hydrogen-bond donors (Lipinski definition) is 1. The minimum atomic E-state index is -0.259. The van der Waals surface area contributed by atoms with Crippen LogP contribution in [0.4, 0.5) is 5.13 Å². The van der Waals surface area contributed by atoms with Crippen LogP contribution in [0.15, 0.2) is 52.2 Å². The van der Waals surface area contributed by atoms with Gasteiger partial charge in [0, 0.05) is 10.9 Å². The molecule has 6 nitrogen and oxygen atoms in total. The number of rotatable bonds is 6. The minimum absolute atomic E-state index is 0.259. The molecule has 152 valence electrons. The lowest BCUT2D eigenvalue weighted by molar-refractivity contribution is 0.102. The second-order valence-corrected chi connectivity index (χ2v) is 8.82. The fourth-order valence-electron chi connectivity index (χ4n) is 2.86. The molecule has 0 saturated heterocycles. The van der Waals surface area contributed by atoms with Gasteiger partial charge in [-0.05, 0) is 48.9 Å². The molecule has 3 aromatic heterocycles. The summed E-state index contributed by atoms with van der Waals surface area (Å²) in [6.45, 7) is 1.83. The number of thiophene rings is 1. The van der Waals surface area contributed by atoms with E-state index in [1.54, 1.807) is 18.4 Å². The number of aromatic nitrogens is 3. The van der Waals surface area contributed by atoms with Crippen LogP contribution in [0.1, 0.15) is 16.1 Å². The predicted molar refractivity (Wildman–Crippen MR) is 124 cm³/mol. The molecule has 0 aliphatic carbocycles. The van der Waals surface area contributed by atoms with Gasteiger partial charge in [0.1, 0.15) is 10.8 Å². The molecule has 0 atom stereocenters. The molecule has 0 fully saturated rings. The third kappa shape index (κ3) is 4.23. The van der Waals surface area contributed by atoms with Crippen molar-refractivity contribution in [3.8, 4) is 27.7 Å². The number of amides is 1. The first-order chi connectivity index (χ1) is 14.6. The van der Waals surface area contributed by atoms with Gasteiger partial charge >= 0.3 is 0 Å². The molecule has 9 heteroatoms. The summed E-state index contributed by atoms with van der Waals surface area (Å²) in [5.41, 5.74) is 2.87. The molecule has 0 bridgehead atoms. The maximum atomic E-state index is 13.0. The number of hydrogen-bond acceptors (Lipinski definition) is 8. The number of thiazole rings is 1. The molecule has 1 aromatic carbocycles. The van der Waals surface area contributed by atoms with Gasteiger partial charge in [-0.3, -0.25) is 10.1 Å². The highest BCUT2D eigenvalue weighted by Gasteiger charge is 2.20. The lowest BCUT2D eigenvalue weighted by atomic mass is 10.2. The second-order valence-electron chi connectivity index (χ2n) is 6.21. The van der Waals surface area contributed by atoms with E-state index in [4.69, 9.17) is 4.74 Å². The van der Waals surface area contributed by atoms with E-state index >= 15 is 0 Å². The lowest BCUT2D eigenvalue weighted by Gasteiger charge is -2.10. The number of carbonyl (C=O) groups is 1. The Morgan fingerprint density at radius 3 is 2.57 bits per heavy atom. The fraction of sp³-hybridized carbons (Fsp3) is 0.143. The average Bonchev–Trinajstić information content (AvgIpc) is 3.45. The number of anilines is 1. The Balaban J connectivity index is 1.57. The van der Waals surface area contributed by atoms with Crippen LogP contribution < -0.4 is 10.1 Å². The van der Waals surface area contributed by atoms with Gasteiger partial charge in [-0.2, -0.15) is 0 Å². The molecule has 0 aliphatic heterocycles. The molecular weight excluding hydrogens is 436 g/mol. The summed E-state index contributed by atoms with van der Waals surface area (Å²) in [6.07, 6.45) is 1.90. The number of methoxy groups -OCH3 is 1. The first-order valence-electron chi connectivity index (χ1n) is 8.97. The zero-order valence-corrected chi connectivity index (χ0v) is 19.0.